The van der Waals surface area contributed by atoms with E-state index in [0.717, 1.165) is 25.7 Å². The van der Waals surface area contributed by atoms with Crippen molar-refractivity contribution in [3.63, 3.8) is 0 Å². The standard InChI is InChI=1S/C15H17ClFNO2/c16-12-4-3-5-13(17)11(12)6-7-14(20)18-15(10-19)8-1-2-9-15/h3-7,19H,1-2,8-10H2,(H,18,20). The molecule has 0 saturated heterocycles. The lowest BCUT2D eigenvalue weighted by atomic mass is 9.99. The molecular formula is C15H17ClFNO2. The van der Waals surface area contributed by atoms with Gasteiger partial charge in [0.25, 0.3) is 0 Å². The molecular weight excluding hydrogens is 281 g/mol. The highest BCUT2D eigenvalue weighted by molar-refractivity contribution is 6.32. The highest BCUT2D eigenvalue weighted by atomic mass is 35.5. The summed E-state index contributed by atoms with van der Waals surface area (Å²) >= 11 is 5.87. The minimum Gasteiger partial charge on any atom is -0.394 e. The van der Waals surface area contributed by atoms with Crippen LogP contribution < -0.4 is 5.32 Å². The van der Waals surface area contributed by atoms with Crippen LogP contribution in [0, 0.1) is 5.82 Å². The number of carbonyl (C=O) groups excluding carboxylic acids is 1. The zero-order valence-corrected chi connectivity index (χ0v) is 11.8. The molecule has 0 radical (unpaired) electrons. The molecule has 20 heavy (non-hydrogen) atoms. The molecule has 0 atom stereocenters. The molecule has 108 valence electrons. The number of benzene rings is 1. The van der Waals surface area contributed by atoms with E-state index in [1.807, 2.05) is 0 Å². The van der Waals surface area contributed by atoms with Crippen LogP contribution in [0.15, 0.2) is 24.3 Å². The van der Waals surface area contributed by atoms with Crippen molar-refractivity contribution in [1.82, 2.24) is 5.32 Å². The summed E-state index contributed by atoms with van der Waals surface area (Å²) in [6, 6.07) is 4.36. The maximum absolute atomic E-state index is 13.5. The van der Waals surface area contributed by atoms with Gasteiger partial charge in [-0.1, -0.05) is 30.5 Å². The molecule has 1 amide bonds. The predicted octanol–water partition coefficient (Wildman–Crippen LogP) is 2.91. The van der Waals surface area contributed by atoms with Crippen molar-refractivity contribution in [2.45, 2.75) is 31.2 Å². The van der Waals surface area contributed by atoms with Crippen molar-refractivity contribution in [2.24, 2.45) is 0 Å². The molecule has 0 spiro atoms. The fourth-order valence-corrected chi connectivity index (χ4v) is 2.73. The average molecular weight is 298 g/mol. The molecule has 3 nitrogen and oxygen atoms in total. The molecule has 5 heteroatoms. The lowest BCUT2D eigenvalue weighted by molar-refractivity contribution is -0.118. The van der Waals surface area contributed by atoms with Gasteiger partial charge in [0, 0.05) is 11.6 Å². The van der Waals surface area contributed by atoms with Crippen LogP contribution in [0.1, 0.15) is 31.2 Å². The maximum Gasteiger partial charge on any atom is 0.244 e. The zero-order valence-electron chi connectivity index (χ0n) is 11.0. The van der Waals surface area contributed by atoms with Crippen LogP contribution in [0.5, 0.6) is 0 Å². The van der Waals surface area contributed by atoms with Crippen molar-refractivity contribution >= 4 is 23.6 Å². The monoisotopic (exact) mass is 297 g/mol. The van der Waals surface area contributed by atoms with E-state index in [0.29, 0.717) is 0 Å². The van der Waals surface area contributed by atoms with E-state index in [2.05, 4.69) is 5.32 Å². The second-order valence-corrected chi connectivity index (χ2v) is 5.51. The predicted molar refractivity (Wildman–Crippen MR) is 76.9 cm³/mol. The Labute approximate surface area is 122 Å². The minimum atomic E-state index is -0.527. The van der Waals surface area contributed by atoms with Gasteiger partial charge in [0.2, 0.25) is 5.91 Å². The first-order chi connectivity index (χ1) is 9.56. The number of hydrogen-bond donors (Lipinski definition) is 2. The van der Waals surface area contributed by atoms with Gasteiger partial charge in [-0.2, -0.15) is 0 Å². The van der Waals surface area contributed by atoms with Crippen LogP contribution >= 0.6 is 11.6 Å². The van der Waals surface area contributed by atoms with Gasteiger partial charge in [0.1, 0.15) is 5.82 Å². The number of aliphatic hydroxyl groups excluding tert-OH is 1. The van der Waals surface area contributed by atoms with Crippen molar-refractivity contribution in [2.75, 3.05) is 6.61 Å². The van der Waals surface area contributed by atoms with E-state index < -0.39 is 11.4 Å². The van der Waals surface area contributed by atoms with Crippen LogP contribution in [0.4, 0.5) is 4.39 Å². The SMILES string of the molecule is O=C(C=Cc1c(F)cccc1Cl)NC1(CO)CCCC1. The summed E-state index contributed by atoms with van der Waals surface area (Å²) < 4.78 is 13.5. The number of nitrogens with one attached hydrogen (secondary N) is 1. The van der Waals surface area contributed by atoms with Gasteiger partial charge >= 0.3 is 0 Å². The average Bonchev–Trinajstić information content (AvgIpc) is 2.87. The molecule has 0 bridgehead atoms. The molecule has 1 fully saturated rings. The third kappa shape index (κ3) is 3.38. The Morgan fingerprint density at radius 3 is 2.75 bits per heavy atom. The second kappa shape index (κ2) is 6.37. The number of hydrogen-bond acceptors (Lipinski definition) is 2. The minimum absolute atomic E-state index is 0.0764. The van der Waals surface area contributed by atoms with Gasteiger partial charge in [-0.15, -0.1) is 0 Å². The van der Waals surface area contributed by atoms with E-state index in [4.69, 9.17) is 11.6 Å². The van der Waals surface area contributed by atoms with Gasteiger partial charge in [0.15, 0.2) is 0 Å². The highest BCUT2D eigenvalue weighted by Crippen LogP contribution is 2.29. The highest BCUT2D eigenvalue weighted by Gasteiger charge is 2.33. The summed E-state index contributed by atoms with van der Waals surface area (Å²) in [4.78, 5) is 11.9. The molecule has 2 N–H and O–H groups in total. The quantitative estimate of drug-likeness (QED) is 0.840. The molecule has 1 aromatic carbocycles. The van der Waals surface area contributed by atoms with E-state index in [1.165, 1.54) is 24.3 Å². The third-order valence-electron chi connectivity index (χ3n) is 3.65. The first kappa shape index (κ1) is 15.0. The smallest absolute Gasteiger partial charge is 0.244 e. The Kier molecular flexibility index (Phi) is 4.78. The Morgan fingerprint density at radius 1 is 1.45 bits per heavy atom. The number of aliphatic hydroxyl groups is 1. The van der Waals surface area contributed by atoms with E-state index >= 15 is 0 Å². The summed E-state index contributed by atoms with van der Waals surface area (Å²) in [5, 5.41) is 12.5. The van der Waals surface area contributed by atoms with E-state index in [-0.39, 0.29) is 23.1 Å². The van der Waals surface area contributed by atoms with Crippen LogP contribution in [-0.2, 0) is 4.79 Å². The molecule has 1 aliphatic carbocycles. The molecule has 0 heterocycles. The fraction of sp³-hybridized carbons (Fsp3) is 0.400. The second-order valence-electron chi connectivity index (χ2n) is 5.10. The first-order valence-electron chi connectivity index (χ1n) is 6.61. The van der Waals surface area contributed by atoms with Crippen LogP contribution in [0.2, 0.25) is 5.02 Å². The Morgan fingerprint density at radius 2 is 2.15 bits per heavy atom. The molecule has 0 aromatic heterocycles. The first-order valence-corrected chi connectivity index (χ1v) is 6.99. The third-order valence-corrected chi connectivity index (χ3v) is 3.98. The Balaban J connectivity index is 2.06. The van der Waals surface area contributed by atoms with Crippen LogP contribution in [-0.4, -0.2) is 23.2 Å². The fourth-order valence-electron chi connectivity index (χ4n) is 2.51. The van der Waals surface area contributed by atoms with Crippen molar-refractivity contribution in [3.05, 3.63) is 40.7 Å². The van der Waals surface area contributed by atoms with E-state index in [1.54, 1.807) is 6.07 Å². The summed E-state index contributed by atoms with van der Waals surface area (Å²) in [6.07, 6.45) is 6.12. The van der Waals surface area contributed by atoms with Crippen molar-refractivity contribution in [1.29, 1.82) is 0 Å². The normalized spacial score (nSPS) is 17.6. The van der Waals surface area contributed by atoms with E-state index in [9.17, 15) is 14.3 Å². The molecule has 0 unspecified atom stereocenters. The van der Waals surface area contributed by atoms with Gasteiger partial charge < -0.3 is 10.4 Å². The molecule has 2 rings (SSSR count). The largest absolute Gasteiger partial charge is 0.394 e. The lowest BCUT2D eigenvalue weighted by Crippen LogP contribution is -2.48. The number of amides is 1. The topological polar surface area (TPSA) is 49.3 Å². The zero-order chi connectivity index (χ0) is 14.6. The summed E-state index contributed by atoms with van der Waals surface area (Å²) in [7, 11) is 0. The van der Waals surface area contributed by atoms with Crippen LogP contribution in [0.3, 0.4) is 0 Å². The van der Waals surface area contributed by atoms with Crippen molar-refractivity contribution < 1.29 is 14.3 Å². The summed E-state index contributed by atoms with van der Waals surface area (Å²) in [5.74, 6) is -0.820. The van der Waals surface area contributed by atoms with Crippen LogP contribution in [0.25, 0.3) is 6.08 Å². The Hall–Kier alpha value is -1.39. The van der Waals surface area contributed by atoms with Gasteiger partial charge in [-0.25, -0.2) is 4.39 Å². The lowest BCUT2D eigenvalue weighted by Gasteiger charge is -2.27. The molecule has 1 aliphatic rings. The Bertz CT molecular complexity index is 504. The number of rotatable bonds is 4. The summed E-state index contributed by atoms with van der Waals surface area (Å²) in [5.41, 5.74) is -0.339. The molecule has 1 saturated carbocycles. The maximum atomic E-state index is 13.5. The molecule has 0 aliphatic heterocycles. The summed E-state index contributed by atoms with van der Waals surface area (Å²) in [6.45, 7) is -0.0764. The number of carbonyl (C=O) groups is 1. The van der Waals surface area contributed by atoms with Crippen molar-refractivity contribution in [3.8, 4) is 0 Å². The van der Waals surface area contributed by atoms with Gasteiger partial charge in [-0.05, 0) is 31.1 Å². The number of halogens is 2. The van der Waals surface area contributed by atoms with Gasteiger partial charge in [0.05, 0.1) is 17.2 Å². The molecule has 1 aromatic rings. The van der Waals surface area contributed by atoms with Gasteiger partial charge in [-0.3, -0.25) is 4.79 Å².